The van der Waals surface area contributed by atoms with Crippen molar-refractivity contribution in [3.63, 3.8) is 0 Å². The summed E-state index contributed by atoms with van der Waals surface area (Å²) in [5, 5.41) is 16.5. The molecule has 9 heteroatoms. The van der Waals surface area contributed by atoms with E-state index in [1.807, 2.05) is 0 Å². The normalized spacial score (nSPS) is 18.4. The molecule has 1 saturated carbocycles. The summed E-state index contributed by atoms with van der Waals surface area (Å²) in [5.41, 5.74) is 5.86. The van der Waals surface area contributed by atoms with Gasteiger partial charge in [0, 0.05) is 11.9 Å². The van der Waals surface area contributed by atoms with E-state index in [-0.39, 0.29) is 23.0 Å². The van der Waals surface area contributed by atoms with E-state index < -0.39 is 18.2 Å². The number of carbonyl (C=O) groups excluding carboxylic acids is 1. The molecule has 0 aromatic carbocycles. The monoisotopic (exact) mass is 386 g/mol. The quantitative estimate of drug-likeness (QED) is 0.651. The van der Waals surface area contributed by atoms with Crippen molar-refractivity contribution in [3.05, 3.63) is 35.2 Å². The number of aliphatic hydroxyl groups is 1. The number of alkyl halides is 3. The van der Waals surface area contributed by atoms with E-state index in [0.29, 0.717) is 5.70 Å². The number of nitrogens with two attached hydrogens (primary N) is 1. The fraction of sp³-hybridized carbons (Fsp3) is 0.556. The largest absolute Gasteiger partial charge is 0.418 e. The molecule has 0 radical (unpaired) electrons. The second-order valence-electron chi connectivity index (χ2n) is 6.86. The van der Waals surface area contributed by atoms with Gasteiger partial charge in [0.15, 0.2) is 11.9 Å². The number of primary amides is 1. The van der Waals surface area contributed by atoms with E-state index in [0.717, 1.165) is 25.7 Å². The lowest BCUT2D eigenvalue weighted by atomic mass is 9.96. The first-order valence-electron chi connectivity index (χ1n) is 8.85. The standard InChI is InChI=1S/C18H25F3N4O2/c1-11(15(26)18(19,20)21)8-9-12(2)23-17-14(16(22)27)10-25(24-17)13-6-4-3-5-7-13/h8-10,13,15,26H,3-7H2,1-2H3,(H2,22,27)(H,23,24)/b11-8+,12-9+. The highest BCUT2D eigenvalue weighted by molar-refractivity contribution is 5.97. The predicted molar refractivity (Wildman–Crippen MR) is 96.1 cm³/mol. The van der Waals surface area contributed by atoms with E-state index in [9.17, 15) is 23.1 Å². The third kappa shape index (κ3) is 5.59. The van der Waals surface area contributed by atoms with E-state index in [1.165, 1.54) is 25.5 Å². The summed E-state index contributed by atoms with van der Waals surface area (Å²) in [4.78, 5) is 11.7. The van der Waals surface area contributed by atoms with E-state index >= 15 is 0 Å². The number of aliphatic hydroxyl groups excluding tert-OH is 1. The van der Waals surface area contributed by atoms with Gasteiger partial charge in [-0.1, -0.05) is 25.3 Å². The summed E-state index contributed by atoms with van der Waals surface area (Å²) in [7, 11) is 0. The van der Waals surface area contributed by atoms with Crippen LogP contribution in [0.1, 0.15) is 62.4 Å². The third-order valence-corrected chi connectivity index (χ3v) is 4.60. The van der Waals surface area contributed by atoms with Gasteiger partial charge in [-0.2, -0.15) is 18.3 Å². The van der Waals surface area contributed by atoms with Crippen molar-refractivity contribution in [1.82, 2.24) is 9.78 Å². The van der Waals surface area contributed by atoms with E-state index in [1.54, 1.807) is 17.8 Å². The summed E-state index contributed by atoms with van der Waals surface area (Å²) in [5.74, 6) is -0.365. The zero-order valence-electron chi connectivity index (χ0n) is 15.4. The first kappa shape index (κ1) is 21.0. The lowest BCUT2D eigenvalue weighted by Crippen LogP contribution is -2.29. The molecule has 0 spiro atoms. The van der Waals surface area contributed by atoms with Crippen LogP contribution in [0.3, 0.4) is 0 Å². The smallest absolute Gasteiger partial charge is 0.379 e. The average Bonchev–Trinajstić information content (AvgIpc) is 3.03. The summed E-state index contributed by atoms with van der Waals surface area (Å²) in [6.07, 6.45) is 2.27. The predicted octanol–water partition coefficient (Wildman–Crippen LogP) is 3.67. The van der Waals surface area contributed by atoms with Gasteiger partial charge in [-0.3, -0.25) is 9.48 Å². The Hall–Kier alpha value is -2.29. The van der Waals surface area contributed by atoms with Gasteiger partial charge in [-0.25, -0.2) is 0 Å². The highest BCUT2D eigenvalue weighted by Gasteiger charge is 2.38. The van der Waals surface area contributed by atoms with Crippen LogP contribution in [0.5, 0.6) is 0 Å². The zero-order valence-corrected chi connectivity index (χ0v) is 15.4. The Balaban J connectivity index is 2.17. The maximum Gasteiger partial charge on any atom is 0.418 e. The molecule has 0 bridgehead atoms. The molecule has 0 saturated heterocycles. The minimum absolute atomic E-state index is 0.209. The third-order valence-electron chi connectivity index (χ3n) is 4.60. The van der Waals surface area contributed by atoms with Gasteiger partial charge in [-0.05, 0) is 38.3 Å². The van der Waals surface area contributed by atoms with Crippen LogP contribution >= 0.6 is 0 Å². The molecule has 27 heavy (non-hydrogen) atoms. The maximum atomic E-state index is 12.5. The Labute approximate surface area is 155 Å². The van der Waals surface area contributed by atoms with Gasteiger partial charge < -0.3 is 16.2 Å². The van der Waals surface area contributed by atoms with Gasteiger partial charge in [0.2, 0.25) is 0 Å². The topological polar surface area (TPSA) is 93.2 Å². The van der Waals surface area contributed by atoms with Crippen LogP contribution in [0.2, 0.25) is 0 Å². The molecule has 2 rings (SSSR count). The van der Waals surface area contributed by atoms with Gasteiger partial charge in [0.05, 0.1) is 6.04 Å². The second kappa shape index (κ2) is 8.60. The van der Waals surface area contributed by atoms with Crippen LogP contribution in [0.15, 0.2) is 29.6 Å². The van der Waals surface area contributed by atoms with Crippen molar-refractivity contribution >= 4 is 11.7 Å². The Bertz CT molecular complexity index is 731. The van der Waals surface area contributed by atoms with Crippen molar-refractivity contribution in [3.8, 4) is 0 Å². The lowest BCUT2D eigenvalue weighted by molar-refractivity contribution is -0.191. The average molecular weight is 386 g/mol. The summed E-state index contributed by atoms with van der Waals surface area (Å²) >= 11 is 0. The zero-order chi connectivity index (χ0) is 20.2. The lowest BCUT2D eigenvalue weighted by Gasteiger charge is -2.21. The number of hydrogen-bond acceptors (Lipinski definition) is 4. The highest BCUT2D eigenvalue weighted by Crippen LogP contribution is 2.29. The molecule has 150 valence electrons. The molecule has 6 nitrogen and oxygen atoms in total. The molecule has 1 aliphatic rings. The number of carbonyl (C=O) groups is 1. The van der Waals surface area contributed by atoms with Crippen molar-refractivity contribution in [2.24, 2.45) is 5.73 Å². The fourth-order valence-electron chi connectivity index (χ4n) is 3.03. The van der Waals surface area contributed by atoms with Crippen molar-refractivity contribution in [2.75, 3.05) is 5.32 Å². The molecular formula is C18H25F3N4O2. The van der Waals surface area contributed by atoms with Crippen LogP contribution in [-0.2, 0) is 0 Å². The SMILES string of the molecule is C/C(=C\C=C(/C)C(O)C(F)(F)F)Nc1nn(C2CCCCC2)cc1C(N)=O. The molecule has 1 atom stereocenters. The van der Waals surface area contributed by atoms with Crippen LogP contribution in [0, 0.1) is 0 Å². The minimum Gasteiger partial charge on any atom is -0.379 e. The van der Waals surface area contributed by atoms with E-state index in [2.05, 4.69) is 10.4 Å². The Morgan fingerprint density at radius 3 is 2.52 bits per heavy atom. The van der Waals surface area contributed by atoms with Gasteiger partial charge in [-0.15, -0.1) is 0 Å². The molecule has 1 amide bonds. The maximum absolute atomic E-state index is 12.5. The molecule has 1 fully saturated rings. The number of aromatic nitrogens is 2. The summed E-state index contributed by atoms with van der Waals surface area (Å²) in [6.45, 7) is 2.81. The number of hydrogen-bond donors (Lipinski definition) is 3. The number of rotatable bonds is 6. The number of nitrogens with one attached hydrogen (secondary N) is 1. The number of nitrogens with zero attached hydrogens (tertiary/aromatic N) is 2. The first-order chi connectivity index (χ1) is 12.6. The number of halogens is 3. The summed E-state index contributed by atoms with van der Waals surface area (Å²) < 4.78 is 39.2. The molecular weight excluding hydrogens is 361 g/mol. The molecule has 1 heterocycles. The highest BCUT2D eigenvalue weighted by atomic mass is 19.4. The molecule has 1 aliphatic carbocycles. The van der Waals surface area contributed by atoms with Crippen LogP contribution < -0.4 is 11.1 Å². The molecule has 1 aromatic heterocycles. The summed E-state index contributed by atoms with van der Waals surface area (Å²) in [6, 6.07) is 0.209. The fourth-order valence-corrected chi connectivity index (χ4v) is 3.03. The molecule has 1 unspecified atom stereocenters. The van der Waals surface area contributed by atoms with Crippen LogP contribution in [0.25, 0.3) is 0 Å². The van der Waals surface area contributed by atoms with Gasteiger partial charge >= 0.3 is 6.18 Å². The molecule has 1 aromatic rings. The van der Waals surface area contributed by atoms with Crippen molar-refractivity contribution in [2.45, 2.75) is 64.3 Å². The van der Waals surface area contributed by atoms with Crippen LogP contribution in [-0.4, -0.2) is 33.1 Å². The Kier molecular flexibility index (Phi) is 6.69. The van der Waals surface area contributed by atoms with Crippen molar-refractivity contribution < 1.29 is 23.1 Å². The van der Waals surface area contributed by atoms with Crippen LogP contribution in [0.4, 0.5) is 19.0 Å². The van der Waals surface area contributed by atoms with Gasteiger partial charge in [0.1, 0.15) is 5.56 Å². The Morgan fingerprint density at radius 2 is 1.96 bits per heavy atom. The second-order valence-corrected chi connectivity index (χ2v) is 6.86. The number of allylic oxidation sites excluding steroid dienone is 3. The number of anilines is 1. The molecule has 4 N–H and O–H groups in total. The van der Waals surface area contributed by atoms with Crippen molar-refractivity contribution in [1.29, 1.82) is 0 Å². The Morgan fingerprint density at radius 1 is 1.33 bits per heavy atom. The van der Waals surface area contributed by atoms with E-state index in [4.69, 9.17) is 5.73 Å². The minimum atomic E-state index is -4.71. The van der Waals surface area contributed by atoms with Gasteiger partial charge in [0.25, 0.3) is 5.91 Å². The molecule has 0 aliphatic heterocycles. The first-order valence-corrected chi connectivity index (χ1v) is 8.85. The number of amides is 1.